The van der Waals surface area contributed by atoms with Crippen molar-refractivity contribution in [2.45, 2.75) is 43.1 Å². The summed E-state index contributed by atoms with van der Waals surface area (Å²) in [6.07, 6.45) is 2.20. The predicted octanol–water partition coefficient (Wildman–Crippen LogP) is 2.55. The minimum atomic E-state index is -0.173. The Morgan fingerprint density at radius 3 is 2.77 bits per heavy atom. The first-order chi connectivity index (χ1) is 10.6. The molecule has 116 valence electrons. The third-order valence-electron chi connectivity index (χ3n) is 3.80. The average molecular weight is 316 g/mol. The molecular weight excluding hydrogens is 296 g/mol. The number of nitrogens with one attached hydrogen (secondary N) is 1. The molecule has 1 heterocycles. The van der Waals surface area contributed by atoms with Gasteiger partial charge >= 0.3 is 0 Å². The van der Waals surface area contributed by atoms with E-state index in [-0.39, 0.29) is 11.2 Å². The second kappa shape index (κ2) is 6.12. The average Bonchev–Trinajstić information content (AvgIpc) is 3.24. The monoisotopic (exact) mass is 316 g/mol. The van der Waals surface area contributed by atoms with Crippen molar-refractivity contribution in [3.8, 4) is 11.4 Å². The first kappa shape index (κ1) is 15.1. The van der Waals surface area contributed by atoms with Gasteiger partial charge in [-0.2, -0.15) is 0 Å². The molecule has 0 aliphatic heterocycles. The highest BCUT2D eigenvalue weighted by atomic mass is 32.2. The molecule has 0 bridgehead atoms. The number of hydrogen-bond donors (Lipinski definition) is 1. The van der Waals surface area contributed by atoms with Crippen molar-refractivity contribution in [3.05, 3.63) is 29.8 Å². The lowest BCUT2D eigenvalue weighted by atomic mass is 10.1. The molecule has 0 radical (unpaired) electrons. The summed E-state index contributed by atoms with van der Waals surface area (Å²) in [7, 11) is 1.94. The highest BCUT2D eigenvalue weighted by molar-refractivity contribution is 8.00. The van der Waals surface area contributed by atoms with Crippen molar-refractivity contribution in [3.63, 3.8) is 0 Å². The Kier molecular flexibility index (Phi) is 4.20. The summed E-state index contributed by atoms with van der Waals surface area (Å²) in [5.74, 6) is 0.906. The fourth-order valence-electron chi connectivity index (χ4n) is 2.23. The van der Waals surface area contributed by atoms with Gasteiger partial charge in [0.1, 0.15) is 0 Å². The SMILES string of the molecule is Cc1ccccc1-c1nnc(S[C@H](C)C(=O)NC2CC2)n1C. The third kappa shape index (κ3) is 3.16. The number of thioether (sulfide) groups is 1. The molecule has 1 fully saturated rings. The van der Waals surface area contributed by atoms with Crippen molar-refractivity contribution in [1.82, 2.24) is 20.1 Å². The standard InChI is InChI=1S/C16H20N4OS/c1-10-6-4-5-7-13(10)14-18-19-16(20(14)3)22-11(2)15(21)17-12-8-9-12/h4-7,11-12H,8-9H2,1-3H3,(H,17,21)/t11-/m1/s1. The summed E-state index contributed by atoms with van der Waals surface area (Å²) in [6, 6.07) is 8.49. The van der Waals surface area contributed by atoms with Crippen LogP contribution in [0.3, 0.4) is 0 Å². The van der Waals surface area contributed by atoms with E-state index in [1.165, 1.54) is 11.8 Å². The first-order valence-electron chi connectivity index (χ1n) is 7.48. The van der Waals surface area contributed by atoms with Crippen LogP contribution in [0.2, 0.25) is 0 Å². The van der Waals surface area contributed by atoms with Gasteiger partial charge in [-0.1, -0.05) is 36.0 Å². The highest BCUT2D eigenvalue weighted by Crippen LogP contribution is 2.28. The molecule has 5 nitrogen and oxygen atoms in total. The van der Waals surface area contributed by atoms with E-state index in [0.717, 1.165) is 34.9 Å². The molecule has 0 saturated heterocycles. The maximum Gasteiger partial charge on any atom is 0.233 e. The van der Waals surface area contributed by atoms with Gasteiger partial charge in [-0.05, 0) is 32.3 Å². The second-order valence-electron chi connectivity index (χ2n) is 5.72. The first-order valence-corrected chi connectivity index (χ1v) is 8.36. The normalized spacial score (nSPS) is 15.6. The molecule has 1 aromatic heterocycles. The van der Waals surface area contributed by atoms with Crippen molar-refractivity contribution in [2.24, 2.45) is 7.05 Å². The number of nitrogens with zero attached hydrogens (tertiary/aromatic N) is 3. The molecule has 1 aliphatic carbocycles. The van der Waals surface area contributed by atoms with Crippen molar-refractivity contribution < 1.29 is 4.79 Å². The molecule has 0 unspecified atom stereocenters. The molecule has 1 aromatic carbocycles. The molecule has 1 N–H and O–H groups in total. The van der Waals surface area contributed by atoms with E-state index in [1.807, 2.05) is 36.7 Å². The van der Waals surface area contributed by atoms with Crippen LogP contribution >= 0.6 is 11.8 Å². The van der Waals surface area contributed by atoms with Gasteiger partial charge in [0.05, 0.1) is 5.25 Å². The fraction of sp³-hybridized carbons (Fsp3) is 0.438. The number of hydrogen-bond acceptors (Lipinski definition) is 4. The predicted molar refractivity (Wildman–Crippen MR) is 87.7 cm³/mol. The topological polar surface area (TPSA) is 59.8 Å². The van der Waals surface area contributed by atoms with Gasteiger partial charge in [-0.15, -0.1) is 10.2 Å². The number of benzene rings is 1. The van der Waals surface area contributed by atoms with Crippen LogP contribution in [-0.4, -0.2) is 32.0 Å². The molecule has 3 rings (SSSR count). The lowest BCUT2D eigenvalue weighted by Crippen LogP contribution is -2.32. The van der Waals surface area contributed by atoms with E-state index in [4.69, 9.17) is 0 Å². The van der Waals surface area contributed by atoms with Crippen LogP contribution in [0.1, 0.15) is 25.3 Å². The van der Waals surface area contributed by atoms with E-state index in [1.54, 1.807) is 0 Å². The van der Waals surface area contributed by atoms with E-state index in [2.05, 4.69) is 28.5 Å². The van der Waals surface area contributed by atoms with Crippen LogP contribution in [0, 0.1) is 6.92 Å². The zero-order valence-corrected chi connectivity index (χ0v) is 13.9. The number of carbonyl (C=O) groups excluding carboxylic acids is 1. The molecule has 0 spiro atoms. The number of amides is 1. The number of aromatic nitrogens is 3. The van der Waals surface area contributed by atoms with Gasteiger partial charge in [0.25, 0.3) is 0 Å². The van der Waals surface area contributed by atoms with Crippen molar-refractivity contribution in [1.29, 1.82) is 0 Å². The highest BCUT2D eigenvalue weighted by Gasteiger charge is 2.27. The second-order valence-corrected chi connectivity index (χ2v) is 7.03. The zero-order chi connectivity index (χ0) is 15.7. The van der Waals surface area contributed by atoms with Gasteiger partial charge in [0, 0.05) is 18.7 Å². The smallest absolute Gasteiger partial charge is 0.233 e. The molecule has 1 saturated carbocycles. The van der Waals surface area contributed by atoms with Crippen LogP contribution in [0.15, 0.2) is 29.4 Å². The van der Waals surface area contributed by atoms with Gasteiger partial charge in [0.15, 0.2) is 11.0 Å². The van der Waals surface area contributed by atoms with Crippen LogP contribution in [0.5, 0.6) is 0 Å². The summed E-state index contributed by atoms with van der Waals surface area (Å²) in [6.45, 7) is 3.97. The Morgan fingerprint density at radius 1 is 1.36 bits per heavy atom. The molecule has 2 aromatic rings. The maximum absolute atomic E-state index is 12.1. The summed E-state index contributed by atoms with van der Waals surface area (Å²) in [5, 5.41) is 12.2. The molecule has 1 atom stereocenters. The fourth-order valence-corrected chi connectivity index (χ4v) is 3.06. The maximum atomic E-state index is 12.1. The van der Waals surface area contributed by atoms with Crippen molar-refractivity contribution in [2.75, 3.05) is 0 Å². The van der Waals surface area contributed by atoms with Crippen LogP contribution in [0.4, 0.5) is 0 Å². The van der Waals surface area contributed by atoms with E-state index in [0.29, 0.717) is 6.04 Å². The summed E-state index contributed by atoms with van der Waals surface area (Å²) >= 11 is 1.45. The lowest BCUT2D eigenvalue weighted by molar-refractivity contribution is -0.120. The van der Waals surface area contributed by atoms with E-state index in [9.17, 15) is 4.79 Å². The minimum Gasteiger partial charge on any atom is -0.352 e. The zero-order valence-electron chi connectivity index (χ0n) is 13.0. The molecule has 1 amide bonds. The number of carbonyl (C=O) groups is 1. The summed E-state index contributed by atoms with van der Waals surface area (Å²) < 4.78 is 1.95. The van der Waals surface area contributed by atoms with E-state index >= 15 is 0 Å². The van der Waals surface area contributed by atoms with Crippen LogP contribution in [-0.2, 0) is 11.8 Å². The number of rotatable bonds is 5. The molecule has 1 aliphatic rings. The molecule has 22 heavy (non-hydrogen) atoms. The summed E-state index contributed by atoms with van der Waals surface area (Å²) in [5.41, 5.74) is 2.23. The van der Waals surface area contributed by atoms with Crippen molar-refractivity contribution >= 4 is 17.7 Å². The van der Waals surface area contributed by atoms with Gasteiger partial charge in [0.2, 0.25) is 5.91 Å². The Morgan fingerprint density at radius 2 is 2.09 bits per heavy atom. The molecule has 6 heteroatoms. The summed E-state index contributed by atoms with van der Waals surface area (Å²) in [4.78, 5) is 12.1. The Bertz CT molecular complexity index is 693. The van der Waals surface area contributed by atoms with E-state index < -0.39 is 0 Å². The van der Waals surface area contributed by atoms with Crippen LogP contribution < -0.4 is 5.32 Å². The lowest BCUT2D eigenvalue weighted by Gasteiger charge is -2.11. The molecular formula is C16H20N4OS. The van der Waals surface area contributed by atoms with Gasteiger partial charge in [-0.25, -0.2) is 0 Å². The third-order valence-corrected chi connectivity index (χ3v) is 4.93. The minimum absolute atomic E-state index is 0.0768. The van der Waals surface area contributed by atoms with Gasteiger partial charge in [-0.3, -0.25) is 4.79 Å². The van der Waals surface area contributed by atoms with Gasteiger partial charge < -0.3 is 9.88 Å². The Balaban J connectivity index is 1.75. The Labute approximate surface area is 134 Å². The number of aryl methyl sites for hydroxylation is 1. The quantitative estimate of drug-likeness (QED) is 0.861. The largest absolute Gasteiger partial charge is 0.352 e. The Hall–Kier alpha value is -1.82. The van der Waals surface area contributed by atoms with Crippen LogP contribution in [0.25, 0.3) is 11.4 Å².